The van der Waals surface area contributed by atoms with Crippen LogP contribution in [0.1, 0.15) is 11.1 Å². The summed E-state index contributed by atoms with van der Waals surface area (Å²) in [5, 5.41) is 0. The maximum atomic E-state index is 11.9. The second-order valence-corrected chi connectivity index (χ2v) is 5.79. The average Bonchev–Trinajstić information content (AvgIpc) is 2.60. The van der Waals surface area contributed by atoms with Crippen LogP contribution < -0.4 is 10.6 Å². The number of hydrogen-bond donors (Lipinski definition) is 2. The molecule has 0 fully saturated rings. The highest BCUT2D eigenvalue weighted by atomic mass is 32.3. The molecule has 2 aromatic carbocycles. The fourth-order valence-electron chi connectivity index (χ4n) is 2.46. The van der Waals surface area contributed by atoms with Gasteiger partial charge < -0.3 is 9.92 Å². The molecule has 0 spiro atoms. The summed E-state index contributed by atoms with van der Waals surface area (Å²) in [5.74, 6) is -0.112. The first-order valence-electron chi connectivity index (χ1n) is 6.53. The number of anilines is 2. The van der Waals surface area contributed by atoms with Crippen molar-refractivity contribution >= 4 is 39.6 Å². The van der Waals surface area contributed by atoms with Crippen LogP contribution in [0.15, 0.2) is 48.5 Å². The number of para-hydroxylation sites is 2. The fraction of sp³-hybridized carbons (Fsp3) is 0. The van der Waals surface area contributed by atoms with E-state index in [0.717, 1.165) is 0 Å². The lowest BCUT2D eigenvalue weighted by Gasteiger charge is -2.22. The van der Waals surface area contributed by atoms with Crippen molar-refractivity contribution in [1.29, 1.82) is 0 Å². The van der Waals surface area contributed by atoms with Crippen LogP contribution in [0.4, 0.5) is 16.2 Å². The summed E-state index contributed by atoms with van der Waals surface area (Å²) in [5.41, 5.74) is 7.14. The predicted octanol–water partition coefficient (Wildman–Crippen LogP) is 2.53. The van der Waals surface area contributed by atoms with Gasteiger partial charge in [0.15, 0.2) is 5.76 Å². The molecule has 8 heteroatoms. The number of carbonyl (C=O) groups is 1. The van der Waals surface area contributed by atoms with Crippen LogP contribution in [0.25, 0.3) is 11.8 Å². The van der Waals surface area contributed by atoms with Crippen molar-refractivity contribution in [2.24, 2.45) is 5.73 Å². The first-order chi connectivity index (χ1) is 10.9. The standard InChI is InChI=1S/C15H12N2O5S/c16-15(18)17-12-7-3-1-5-10(12)9-14(22-23(19,20)21)11-6-2-4-8-13(11)17/h1-9H,(H2,16,18)(H,19,20,21). The Bertz CT molecular complexity index is 921. The molecular weight excluding hydrogens is 320 g/mol. The minimum atomic E-state index is -4.73. The Hall–Kier alpha value is -2.84. The third-order valence-electron chi connectivity index (χ3n) is 3.29. The number of nitrogens with zero attached hydrogens (tertiary/aromatic N) is 1. The monoisotopic (exact) mass is 332 g/mol. The zero-order chi connectivity index (χ0) is 16.6. The van der Waals surface area contributed by atoms with Gasteiger partial charge in [-0.05, 0) is 24.3 Å². The van der Waals surface area contributed by atoms with Crippen molar-refractivity contribution in [3.05, 3.63) is 59.7 Å². The summed E-state index contributed by atoms with van der Waals surface area (Å²) in [7, 11) is -4.73. The van der Waals surface area contributed by atoms with Crippen molar-refractivity contribution in [3.63, 3.8) is 0 Å². The second kappa shape index (κ2) is 5.41. The van der Waals surface area contributed by atoms with Gasteiger partial charge in [0.1, 0.15) is 0 Å². The van der Waals surface area contributed by atoms with Crippen molar-refractivity contribution in [2.45, 2.75) is 0 Å². The molecule has 0 atom stereocenters. The van der Waals surface area contributed by atoms with Crippen molar-refractivity contribution in [2.75, 3.05) is 4.90 Å². The van der Waals surface area contributed by atoms with E-state index in [1.165, 1.54) is 11.0 Å². The molecule has 3 N–H and O–H groups in total. The Morgan fingerprint density at radius 2 is 1.65 bits per heavy atom. The lowest BCUT2D eigenvalue weighted by molar-refractivity contribution is 0.256. The number of urea groups is 1. The summed E-state index contributed by atoms with van der Waals surface area (Å²) in [6, 6.07) is 12.5. The number of nitrogens with two attached hydrogens (primary N) is 1. The summed E-state index contributed by atoms with van der Waals surface area (Å²) in [6.45, 7) is 0. The molecule has 1 heterocycles. The van der Waals surface area contributed by atoms with E-state index in [9.17, 15) is 13.2 Å². The van der Waals surface area contributed by atoms with Crippen molar-refractivity contribution in [1.82, 2.24) is 0 Å². The molecule has 0 aromatic heterocycles. The molecule has 0 unspecified atom stereocenters. The summed E-state index contributed by atoms with van der Waals surface area (Å²) in [6.07, 6.45) is 1.42. The largest absolute Gasteiger partial charge is 0.446 e. The van der Waals surface area contributed by atoms with Gasteiger partial charge >= 0.3 is 16.4 Å². The van der Waals surface area contributed by atoms with Gasteiger partial charge in [0.25, 0.3) is 0 Å². The smallest absolute Gasteiger partial charge is 0.361 e. The van der Waals surface area contributed by atoms with E-state index in [0.29, 0.717) is 22.5 Å². The van der Waals surface area contributed by atoms with Crippen LogP contribution in [0.3, 0.4) is 0 Å². The van der Waals surface area contributed by atoms with Crippen LogP contribution in [-0.4, -0.2) is 19.0 Å². The van der Waals surface area contributed by atoms with E-state index in [4.69, 9.17) is 10.3 Å². The number of amides is 2. The zero-order valence-corrected chi connectivity index (χ0v) is 12.5. The Labute approximate surface area is 132 Å². The third-order valence-corrected chi connectivity index (χ3v) is 3.68. The molecule has 1 aliphatic heterocycles. The van der Waals surface area contributed by atoms with E-state index < -0.39 is 16.4 Å². The molecule has 0 saturated heterocycles. The summed E-state index contributed by atoms with van der Waals surface area (Å²) >= 11 is 0. The number of benzene rings is 2. The minimum absolute atomic E-state index is 0.112. The summed E-state index contributed by atoms with van der Waals surface area (Å²) < 4.78 is 36.0. The molecule has 0 radical (unpaired) electrons. The van der Waals surface area contributed by atoms with Crippen molar-refractivity contribution in [3.8, 4) is 0 Å². The zero-order valence-electron chi connectivity index (χ0n) is 11.7. The van der Waals surface area contributed by atoms with Crippen LogP contribution in [-0.2, 0) is 14.6 Å². The maximum Gasteiger partial charge on any atom is 0.446 e. The normalized spacial score (nSPS) is 13.4. The van der Waals surface area contributed by atoms with Gasteiger partial charge in [0.05, 0.1) is 11.4 Å². The topological polar surface area (TPSA) is 110 Å². The van der Waals surface area contributed by atoms with Gasteiger partial charge in [0.2, 0.25) is 0 Å². The molecule has 0 aliphatic carbocycles. The Balaban J connectivity index is 2.32. The number of primary amides is 1. The molecule has 0 bridgehead atoms. The quantitative estimate of drug-likeness (QED) is 0.821. The highest BCUT2D eigenvalue weighted by molar-refractivity contribution is 7.81. The van der Waals surface area contributed by atoms with E-state index in [-0.39, 0.29) is 5.76 Å². The Morgan fingerprint density at radius 1 is 1.04 bits per heavy atom. The van der Waals surface area contributed by atoms with Gasteiger partial charge in [-0.25, -0.2) is 4.79 Å². The predicted molar refractivity (Wildman–Crippen MR) is 85.1 cm³/mol. The fourth-order valence-corrected chi connectivity index (χ4v) is 2.82. The molecule has 2 amide bonds. The van der Waals surface area contributed by atoms with Gasteiger partial charge in [-0.1, -0.05) is 30.3 Å². The molecule has 23 heavy (non-hydrogen) atoms. The van der Waals surface area contributed by atoms with E-state index in [2.05, 4.69) is 4.18 Å². The highest BCUT2D eigenvalue weighted by Gasteiger charge is 2.27. The Morgan fingerprint density at radius 3 is 2.30 bits per heavy atom. The molecule has 3 rings (SSSR count). The van der Waals surface area contributed by atoms with Gasteiger partial charge in [-0.2, -0.15) is 8.42 Å². The maximum absolute atomic E-state index is 11.9. The molecular formula is C15H12N2O5S. The van der Waals surface area contributed by atoms with Gasteiger partial charge in [0, 0.05) is 11.1 Å². The average molecular weight is 332 g/mol. The third kappa shape index (κ3) is 2.89. The molecule has 118 valence electrons. The molecule has 7 nitrogen and oxygen atoms in total. The lowest BCUT2D eigenvalue weighted by Crippen LogP contribution is -2.32. The lowest BCUT2D eigenvalue weighted by atomic mass is 10.1. The number of fused-ring (bicyclic) bond motifs is 2. The Kier molecular flexibility index (Phi) is 3.55. The summed E-state index contributed by atoms with van der Waals surface area (Å²) in [4.78, 5) is 13.2. The van der Waals surface area contributed by atoms with Gasteiger partial charge in [-0.3, -0.25) is 9.45 Å². The first-order valence-corrected chi connectivity index (χ1v) is 7.90. The second-order valence-electron chi connectivity index (χ2n) is 4.77. The van der Waals surface area contributed by atoms with Gasteiger partial charge in [-0.15, -0.1) is 0 Å². The highest BCUT2D eigenvalue weighted by Crippen LogP contribution is 2.40. The first kappa shape index (κ1) is 15.1. The molecule has 1 aliphatic rings. The number of hydrogen-bond acceptors (Lipinski definition) is 4. The van der Waals surface area contributed by atoms with E-state index in [1.54, 1.807) is 48.5 Å². The molecule has 0 saturated carbocycles. The van der Waals surface area contributed by atoms with E-state index in [1.807, 2.05) is 0 Å². The number of carbonyl (C=O) groups excluding carboxylic acids is 1. The van der Waals surface area contributed by atoms with E-state index >= 15 is 0 Å². The minimum Gasteiger partial charge on any atom is -0.361 e. The molecule has 2 aromatic rings. The van der Waals surface area contributed by atoms with Crippen LogP contribution in [0.5, 0.6) is 0 Å². The van der Waals surface area contributed by atoms with Crippen LogP contribution in [0, 0.1) is 0 Å². The van der Waals surface area contributed by atoms with Crippen LogP contribution >= 0.6 is 0 Å². The van der Waals surface area contributed by atoms with Crippen molar-refractivity contribution < 1.29 is 21.9 Å². The van der Waals surface area contributed by atoms with Crippen LogP contribution in [0.2, 0.25) is 0 Å². The number of rotatable bonds is 2. The SMILES string of the molecule is NC(=O)N1c2ccccc2C=C(OS(=O)(=O)O)c2ccccc21.